The first kappa shape index (κ1) is 10.6. The van der Waals surface area contributed by atoms with Gasteiger partial charge in [0.1, 0.15) is 23.2 Å². The van der Waals surface area contributed by atoms with Gasteiger partial charge in [-0.1, -0.05) is 17.3 Å². The van der Waals surface area contributed by atoms with E-state index in [4.69, 9.17) is 8.94 Å². The van der Waals surface area contributed by atoms with E-state index < -0.39 is 0 Å². The Hall–Kier alpha value is -2.56. The quantitative estimate of drug-likeness (QED) is 0.750. The second-order valence-electron chi connectivity index (χ2n) is 3.90. The van der Waals surface area contributed by atoms with Crippen molar-refractivity contribution in [3.63, 3.8) is 0 Å². The van der Waals surface area contributed by atoms with Gasteiger partial charge in [-0.2, -0.15) is 0 Å². The molecule has 90 valence electrons. The van der Waals surface area contributed by atoms with Gasteiger partial charge in [-0.15, -0.1) is 0 Å². The summed E-state index contributed by atoms with van der Waals surface area (Å²) in [4.78, 5) is 12.0. The van der Waals surface area contributed by atoms with Gasteiger partial charge in [0.05, 0.1) is 11.9 Å². The Balaban J connectivity index is 1.93. The molecule has 0 aliphatic heterocycles. The first-order chi connectivity index (χ1) is 8.75. The van der Waals surface area contributed by atoms with Crippen LogP contribution in [0.1, 0.15) is 16.1 Å². The zero-order valence-corrected chi connectivity index (χ0v) is 9.64. The fourth-order valence-corrected chi connectivity index (χ4v) is 1.78. The zero-order chi connectivity index (χ0) is 12.5. The molecule has 0 saturated heterocycles. The summed E-state index contributed by atoms with van der Waals surface area (Å²) in [7, 11) is 0. The minimum atomic E-state index is -0.264. The second kappa shape index (κ2) is 4.03. The van der Waals surface area contributed by atoms with Gasteiger partial charge in [0.25, 0.3) is 5.91 Å². The highest BCUT2D eigenvalue weighted by Crippen LogP contribution is 2.25. The fourth-order valence-electron chi connectivity index (χ4n) is 1.78. The van der Waals surface area contributed by atoms with Crippen LogP contribution >= 0.6 is 0 Å². The summed E-state index contributed by atoms with van der Waals surface area (Å²) in [6.45, 7) is 1.69. The summed E-state index contributed by atoms with van der Waals surface area (Å²) >= 11 is 0. The molecular formula is C13H10N2O3. The summed E-state index contributed by atoms with van der Waals surface area (Å²) in [6.07, 6.45) is 2.92. The molecule has 1 amide bonds. The van der Waals surface area contributed by atoms with Gasteiger partial charge in [0, 0.05) is 5.39 Å². The molecular weight excluding hydrogens is 232 g/mol. The van der Waals surface area contributed by atoms with Gasteiger partial charge in [0.15, 0.2) is 0 Å². The number of anilines is 1. The number of aromatic nitrogens is 1. The van der Waals surface area contributed by atoms with Crippen molar-refractivity contribution in [1.82, 2.24) is 5.16 Å². The molecule has 2 aromatic heterocycles. The first-order valence-corrected chi connectivity index (χ1v) is 5.44. The normalized spacial score (nSPS) is 10.7. The number of aryl methyl sites for hydroxylation is 1. The predicted molar refractivity (Wildman–Crippen MR) is 65.4 cm³/mol. The minimum absolute atomic E-state index is 0.264. The second-order valence-corrected chi connectivity index (χ2v) is 3.90. The Bertz CT molecular complexity index is 712. The lowest BCUT2D eigenvalue weighted by atomic mass is 10.2. The summed E-state index contributed by atoms with van der Waals surface area (Å²) in [5.41, 5.74) is 1.78. The van der Waals surface area contributed by atoms with Crippen molar-refractivity contribution in [3.05, 3.63) is 48.0 Å². The lowest BCUT2D eigenvalue weighted by Crippen LogP contribution is -2.11. The molecule has 0 saturated carbocycles. The number of benzene rings is 1. The van der Waals surface area contributed by atoms with E-state index in [9.17, 15) is 4.79 Å². The maximum Gasteiger partial charge on any atom is 0.260 e. The van der Waals surface area contributed by atoms with Gasteiger partial charge in [-0.25, -0.2) is 0 Å². The van der Waals surface area contributed by atoms with Crippen molar-refractivity contribution in [1.29, 1.82) is 0 Å². The molecule has 3 aromatic rings. The number of para-hydroxylation sites is 1. The third kappa shape index (κ3) is 1.66. The maximum absolute atomic E-state index is 12.0. The molecule has 1 N–H and O–H groups in total. The van der Waals surface area contributed by atoms with Crippen LogP contribution in [0.25, 0.3) is 11.0 Å². The van der Waals surface area contributed by atoms with Crippen LogP contribution < -0.4 is 5.32 Å². The van der Waals surface area contributed by atoms with Crippen molar-refractivity contribution >= 4 is 22.6 Å². The molecule has 0 aliphatic carbocycles. The number of carbonyl (C=O) groups is 1. The Morgan fingerprint density at radius 3 is 2.94 bits per heavy atom. The molecule has 5 heteroatoms. The van der Waals surface area contributed by atoms with Crippen LogP contribution in [0.15, 0.2) is 45.7 Å². The number of furan rings is 1. The van der Waals surface area contributed by atoms with E-state index in [1.54, 1.807) is 6.92 Å². The van der Waals surface area contributed by atoms with Crippen LogP contribution in [-0.2, 0) is 0 Å². The van der Waals surface area contributed by atoms with Crippen LogP contribution in [0, 0.1) is 6.92 Å². The minimum Gasteiger partial charge on any atom is -0.462 e. The number of nitrogens with zero attached hydrogens (tertiary/aromatic N) is 1. The molecule has 1 aromatic carbocycles. The smallest absolute Gasteiger partial charge is 0.260 e. The van der Waals surface area contributed by atoms with Gasteiger partial charge < -0.3 is 14.3 Å². The van der Waals surface area contributed by atoms with Crippen LogP contribution in [0.3, 0.4) is 0 Å². The van der Waals surface area contributed by atoms with Gasteiger partial charge in [0.2, 0.25) is 0 Å². The SMILES string of the molecule is Cc1oncc1C(=O)Nc1coc2ccccc12. The number of carbonyl (C=O) groups excluding carboxylic acids is 1. The number of amides is 1. The highest BCUT2D eigenvalue weighted by Gasteiger charge is 2.15. The summed E-state index contributed by atoms with van der Waals surface area (Å²) in [6, 6.07) is 7.49. The van der Waals surface area contributed by atoms with Crippen LogP contribution in [0.5, 0.6) is 0 Å². The van der Waals surface area contributed by atoms with Gasteiger partial charge >= 0.3 is 0 Å². The van der Waals surface area contributed by atoms with E-state index in [1.807, 2.05) is 24.3 Å². The molecule has 2 heterocycles. The standard InChI is InChI=1S/C13H10N2O3/c1-8-10(6-14-18-8)13(16)15-11-7-17-12-5-3-2-4-9(11)12/h2-7H,1H3,(H,15,16). The average Bonchev–Trinajstić information content (AvgIpc) is 2.97. The number of hydrogen-bond donors (Lipinski definition) is 1. The lowest BCUT2D eigenvalue weighted by molar-refractivity contribution is 0.102. The van der Waals surface area contributed by atoms with Crippen molar-refractivity contribution in [2.45, 2.75) is 6.92 Å². The number of nitrogens with one attached hydrogen (secondary N) is 1. The summed E-state index contributed by atoms with van der Waals surface area (Å²) < 4.78 is 10.2. The molecule has 0 bridgehead atoms. The third-order valence-electron chi connectivity index (χ3n) is 2.72. The Kier molecular flexibility index (Phi) is 2.37. The number of fused-ring (bicyclic) bond motifs is 1. The maximum atomic E-state index is 12.0. The summed E-state index contributed by atoms with van der Waals surface area (Å²) in [5.74, 6) is 0.223. The molecule has 0 unspecified atom stereocenters. The van der Waals surface area contributed by atoms with Crippen molar-refractivity contribution in [2.24, 2.45) is 0 Å². The van der Waals surface area contributed by atoms with Crippen molar-refractivity contribution < 1.29 is 13.7 Å². The molecule has 0 atom stereocenters. The predicted octanol–water partition coefficient (Wildman–Crippen LogP) is 2.98. The Labute approximate surface area is 102 Å². The van der Waals surface area contributed by atoms with E-state index in [1.165, 1.54) is 12.5 Å². The molecule has 0 radical (unpaired) electrons. The number of rotatable bonds is 2. The monoisotopic (exact) mass is 242 g/mol. The van der Waals surface area contributed by atoms with E-state index in [0.717, 1.165) is 11.0 Å². The molecule has 18 heavy (non-hydrogen) atoms. The Morgan fingerprint density at radius 2 is 2.17 bits per heavy atom. The van der Waals surface area contributed by atoms with E-state index in [2.05, 4.69) is 10.5 Å². The van der Waals surface area contributed by atoms with E-state index in [-0.39, 0.29) is 5.91 Å². The van der Waals surface area contributed by atoms with Gasteiger partial charge in [-0.05, 0) is 19.1 Å². The average molecular weight is 242 g/mol. The Morgan fingerprint density at radius 1 is 1.33 bits per heavy atom. The zero-order valence-electron chi connectivity index (χ0n) is 9.64. The first-order valence-electron chi connectivity index (χ1n) is 5.44. The third-order valence-corrected chi connectivity index (χ3v) is 2.72. The summed E-state index contributed by atoms with van der Waals surface area (Å²) in [5, 5.41) is 7.21. The number of hydrogen-bond acceptors (Lipinski definition) is 4. The highest BCUT2D eigenvalue weighted by molar-refractivity contribution is 6.08. The van der Waals surface area contributed by atoms with Crippen molar-refractivity contribution in [2.75, 3.05) is 5.32 Å². The van der Waals surface area contributed by atoms with E-state index >= 15 is 0 Å². The fraction of sp³-hybridized carbons (Fsp3) is 0.0769. The topological polar surface area (TPSA) is 68.3 Å². The van der Waals surface area contributed by atoms with Crippen LogP contribution in [0.2, 0.25) is 0 Å². The van der Waals surface area contributed by atoms with Gasteiger partial charge in [-0.3, -0.25) is 4.79 Å². The molecule has 3 rings (SSSR count). The molecule has 0 aliphatic rings. The lowest BCUT2D eigenvalue weighted by Gasteiger charge is -2.00. The molecule has 0 spiro atoms. The van der Waals surface area contributed by atoms with Crippen molar-refractivity contribution in [3.8, 4) is 0 Å². The highest BCUT2D eigenvalue weighted by atomic mass is 16.5. The largest absolute Gasteiger partial charge is 0.462 e. The van der Waals surface area contributed by atoms with E-state index in [0.29, 0.717) is 17.0 Å². The molecule has 5 nitrogen and oxygen atoms in total. The molecule has 0 fully saturated rings. The van der Waals surface area contributed by atoms with Crippen LogP contribution in [0.4, 0.5) is 5.69 Å². The van der Waals surface area contributed by atoms with Crippen LogP contribution in [-0.4, -0.2) is 11.1 Å².